The lowest BCUT2D eigenvalue weighted by Crippen LogP contribution is -2.20. The molecule has 2 aromatic heterocycles. The van der Waals surface area contributed by atoms with Crippen LogP contribution in [0.1, 0.15) is 51.3 Å². The highest BCUT2D eigenvalue weighted by Crippen LogP contribution is 2.44. The highest BCUT2D eigenvalue weighted by Gasteiger charge is 2.29. The first-order chi connectivity index (χ1) is 21.2. The highest BCUT2D eigenvalue weighted by molar-refractivity contribution is 6.10. The second-order valence-corrected chi connectivity index (χ2v) is 13.6. The number of benzene rings is 5. The van der Waals surface area contributed by atoms with Crippen molar-refractivity contribution in [2.45, 2.75) is 45.4 Å². The van der Waals surface area contributed by atoms with Gasteiger partial charge in [0.2, 0.25) is 0 Å². The molecule has 44 heavy (non-hydrogen) atoms. The molecule has 0 saturated carbocycles. The molecule has 0 N–H and O–H groups in total. The molecule has 3 heteroatoms. The van der Waals surface area contributed by atoms with Crippen LogP contribution in [0.3, 0.4) is 0 Å². The van der Waals surface area contributed by atoms with Crippen LogP contribution in [0.5, 0.6) is 0 Å². The first-order valence-corrected chi connectivity index (χ1v) is 15.4. The summed E-state index contributed by atoms with van der Waals surface area (Å²) in [4.78, 5) is 10.6. The van der Waals surface area contributed by atoms with Gasteiger partial charge in [-0.25, -0.2) is 9.97 Å². The quantitative estimate of drug-likeness (QED) is 0.197. The second kappa shape index (κ2) is 9.49. The molecule has 2 aliphatic rings. The Morgan fingerprint density at radius 1 is 0.591 bits per heavy atom. The molecule has 0 aliphatic carbocycles. The Morgan fingerprint density at radius 3 is 2.00 bits per heavy atom. The van der Waals surface area contributed by atoms with Crippen LogP contribution in [-0.4, -0.2) is 14.5 Å². The van der Waals surface area contributed by atoms with Crippen molar-refractivity contribution in [2.75, 3.05) is 0 Å². The molecule has 7 aromatic rings. The van der Waals surface area contributed by atoms with Crippen LogP contribution in [-0.2, 0) is 10.8 Å². The Kier molecular flexibility index (Phi) is 5.74. The number of hydrogen-bond donors (Lipinski definition) is 0. The molecule has 5 aromatic carbocycles. The molecule has 0 amide bonds. The van der Waals surface area contributed by atoms with Gasteiger partial charge in [0, 0.05) is 32.9 Å². The fourth-order valence-corrected chi connectivity index (χ4v) is 6.87. The number of fused-ring (bicyclic) bond motifs is 2. The fourth-order valence-electron chi connectivity index (χ4n) is 6.87. The molecule has 4 heterocycles. The number of nitrogens with zero attached hydrogens (tertiary/aromatic N) is 3. The summed E-state index contributed by atoms with van der Waals surface area (Å²) in [6.07, 6.45) is 0. The van der Waals surface area contributed by atoms with Crippen molar-refractivity contribution in [3.8, 4) is 39.6 Å². The van der Waals surface area contributed by atoms with E-state index in [0.29, 0.717) is 0 Å². The third kappa shape index (κ3) is 4.03. The minimum atomic E-state index is -0.278. The lowest BCUT2D eigenvalue weighted by atomic mass is 9.75. The van der Waals surface area contributed by atoms with Gasteiger partial charge in [-0.1, -0.05) is 113 Å². The maximum absolute atomic E-state index is 5.33. The average molecular weight is 570 g/mol. The zero-order valence-corrected chi connectivity index (χ0v) is 25.9. The number of para-hydroxylation sites is 1. The van der Waals surface area contributed by atoms with Crippen LogP contribution in [0.25, 0.3) is 61.4 Å². The van der Waals surface area contributed by atoms with E-state index in [0.717, 1.165) is 39.6 Å². The first-order valence-electron chi connectivity index (χ1n) is 15.4. The maximum Gasteiger partial charge on any atom is 0.162 e. The zero-order valence-electron chi connectivity index (χ0n) is 25.9. The number of rotatable bonds is 1. The van der Waals surface area contributed by atoms with Gasteiger partial charge >= 0.3 is 0 Å². The van der Waals surface area contributed by atoms with Crippen LogP contribution >= 0.6 is 0 Å². The van der Waals surface area contributed by atoms with Crippen molar-refractivity contribution in [3.63, 3.8) is 0 Å². The Morgan fingerprint density at radius 2 is 1.23 bits per heavy atom. The summed E-state index contributed by atoms with van der Waals surface area (Å²) >= 11 is 0. The average Bonchev–Trinajstić information content (AvgIpc) is 3.37. The summed E-state index contributed by atoms with van der Waals surface area (Å²) in [5.41, 5.74) is 12.1. The highest BCUT2D eigenvalue weighted by atomic mass is 15.0. The topological polar surface area (TPSA) is 30.7 Å². The summed E-state index contributed by atoms with van der Waals surface area (Å²) in [6.45, 7) is 11.5. The fraction of sp³-hybridized carbons (Fsp3) is 0.171. The third-order valence-electron chi connectivity index (χ3n) is 9.41. The lowest BCUT2D eigenvalue weighted by Gasteiger charge is -2.29. The molecule has 3 nitrogen and oxygen atoms in total. The Labute approximate surface area is 258 Å². The van der Waals surface area contributed by atoms with Crippen molar-refractivity contribution in [2.24, 2.45) is 0 Å². The summed E-state index contributed by atoms with van der Waals surface area (Å²) in [7, 11) is 0. The summed E-state index contributed by atoms with van der Waals surface area (Å²) in [5.74, 6) is 0.723. The molecular formula is C41H35N3. The van der Waals surface area contributed by atoms with Gasteiger partial charge in [-0.3, -0.25) is 0 Å². The van der Waals surface area contributed by atoms with Gasteiger partial charge in [0.05, 0.1) is 28.1 Å². The van der Waals surface area contributed by atoms with Gasteiger partial charge in [-0.05, 0) is 64.6 Å². The molecule has 0 unspecified atom stereocenters. The number of hydrogen-bond acceptors (Lipinski definition) is 2. The van der Waals surface area contributed by atoms with Crippen molar-refractivity contribution in [3.05, 3.63) is 138 Å². The van der Waals surface area contributed by atoms with E-state index < -0.39 is 0 Å². The van der Waals surface area contributed by atoms with E-state index in [1.165, 1.54) is 38.5 Å². The SMILES string of the molecule is CC(C)(C)c1ccc2c(c1)c1cc3ccc1n2-c1ccccc1-c1nc(-c2ccccc2)cc(n1)-c1ccccc1C3(C)C. The van der Waals surface area contributed by atoms with Gasteiger partial charge in [-0.2, -0.15) is 0 Å². The monoisotopic (exact) mass is 569 g/mol. The van der Waals surface area contributed by atoms with E-state index in [1.54, 1.807) is 0 Å². The van der Waals surface area contributed by atoms with E-state index >= 15 is 0 Å². The van der Waals surface area contributed by atoms with Gasteiger partial charge < -0.3 is 4.57 Å². The molecule has 6 bridgehead atoms. The standard InChI is InChI=1S/C41H35N3/c1-40(2,3)27-19-21-37-31(23-27)32-24-28-20-22-38(32)44(37)36-18-12-10-16-30(36)39-42-34(26-13-7-6-8-14-26)25-35(43-39)29-15-9-11-17-33(29)41(28,4)5/h6-25H,1-5H3. The van der Waals surface area contributed by atoms with E-state index in [9.17, 15) is 0 Å². The molecule has 0 fully saturated rings. The molecule has 0 spiro atoms. The van der Waals surface area contributed by atoms with Crippen molar-refractivity contribution in [1.82, 2.24) is 14.5 Å². The van der Waals surface area contributed by atoms with Gasteiger partial charge in [0.15, 0.2) is 5.82 Å². The summed E-state index contributed by atoms with van der Waals surface area (Å²) in [5, 5.41) is 2.53. The minimum Gasteiger partial charge on any atom is -0.309 e. The molecule has 9 rings (SSSR count). The molecule has 0 atom stereocenters. The Balaban J connectivity index is 1.56. The zero-order chi connectivity index (χ0) is 30.2. The van der Waals surface area contributed by atoms with Gasteiger partial charge in [-0.15, -0.1) is 0 Å². The molecular weight excluding hydrogens is 534 g/mol. The van der Waals surface area contributed by atoms with Crippen molar-refractivity contribution >= 4 is 21.8 Å². The van der Waals surface area contributed by atoms with Crippen LogP contribution in [0, 0.1) is 0 Å². The van der Waals surface area contributed by atoms with Crippen molar-refractivity contribution in [1.29, 1.82) is 0 Å². The van der Waals surface area contributed by atoms with Gasteiger partial charge in [0.25, 0.3) is 0 Å². The largest absolute Gasteiger partial charge is 0.309 e. The maximum atomic E-state index is 5.33. The summed E-state index contributed by atoms with van der Waals surface area (Å²) < 4.78 is 2.41. The van der Waals surface area contributed by atoms with E-state index in [4.69, 9.17) is 9.97 Å². The smallest absolute Gasteiger partial charge is 0.162 e. The predicted octanol–water partition coefficient (Wildman–Crippen LogP) is 10.5. The predicted molar refractivity (Wildman–Crippen MR) is 184 cm³/mol. The van der Waals surface area contributed by atoms with Crippen molar-refractivity contribution < 1.29 is 0 Å². The lowest BCUT2D eigenvalue weighted by molar-refractivity contribution is 0.591. The van der Waals surface area contributed by atoms with E-state index in [2.05, 4.69) is 154 Å². The van der Waals surface area contributed by atoms with Crippen LogP contribution < -0.4 is 0 Å². The minimum absolute atomic E-state index is 0.0410. The molecule has 214 valence electrons. The van der Waals surface area contributed by atoms with Crippen LogP contribution in [0.4, 0.5) is 0 Å². The molecule has 0 radical (unpaired) electrons. The molecule has 2 aliphatic heterocycles. The summed E-state index contributed by atoms with van der Waals surface area (Å²) in [6, 6.07) is 43.9. The third-order valence-corrected chi connectivity index (χ3v) is 9.41. The van der Waals surface area contributed by atoms with E-state index in [-0.39, 0.29) is 10.8 Å². The second-order valence-electron chi connectivity index (χ2n) is 13.6. The van der Waals surface area contributed by atoms with Crippen LogP contribution in [0.15, 0.2) is 121 Å². The number of aromatic nitrogens is 3. The van der Waals surface area contributed by atoms with E-state index in [1.807, 2.05) is 6.07 Å². The van der Waals surface area contributed by atoms with Crippen LogP contribution in [0.2, 0.25) is 0 Å². The van der Waals surface area contributed by atoms with Gasteiger partial charge in [0.1, 0.15) is 0 Å². The normalized spacial score (nSPS) is 13.8. The Hall–Kier alpha value is -5.02. The molecule has 0 saturated heterocycles. The Bertz CT molecular complexity index is 2230. The first kappa shape index (κ1) is 26.6.